The molecule has 1 aliphatic rings. The third-order valence-corrected chi connectivity index (χ3v) is 10.1. The summed E-state index contributed by atoms with van der Waals surface area (Å²) in [6, 6.07) is 0. The van der Waals surface area contributed by atoms with Crippen LogP contribution in [0.2, 0.25) is 18.1 Å². The van der Waals surface area contributed by atoms with Crippen LogP contribution in [0.5, 0.6) is 0 Å². The van der Waals surface area contributed by atoms with Crippen LogP contribution in [0.15, 0.2) is 12.1 Å². The second-order valence-corrected chi connectivity index (χ2v) is 14.4. The van der Waals surface area contributed by atoms with Crippen LogP contribution in [0.4, 0.5) is 0 Å². The van der Waals surface area contributed by atoms with Crippen LogP contribution in [0.1, 0.15) is 62.3 Å². The Morgan fingerprint density at radius 3 is 1.78 bits per heavy atom. The van der Waals surface area contributed by atoms with Gasteiger partial charge in [-0.3, -0.25) is 0 Å². The largest absolute Gasteiger partial charge is 0.486 e. The van der Waals surface area contributed by atoms with Crippen LogP contribution in [0.25, 0.3) is 0 Å². The molecule has 0 aromatic rings. The first-order chi connectivity index (χ1) is 10.1. The molecule has 0 amide bonds. The Bertz CT molecular complexity index is 420. The van der Waals surface area contributed by atoms with E-state index in [2.05, 4.69) is 81.5 Å². The van der Waals surface area contributed by atoms with Gasteiger partial charge in [-0.25, -0.2) is 0 Å². The van der Waals surface area contributed by atoms with Crippen molar-refractivity contribution in [1.82, 2.24) is 0 Å². The molecule has 1 fully saturated rings. The molecule has 1 rings (SSSR count). The minimum Gasteiger partial charge on any atom is -0.410 e. The quantitative estimate of drug-likeness (QED) is 0.642. The second-order valence-electron chi connectivity index (χ2n) is 9.60. The van der Waals surface area contributed by atoms with Crippen molar-refractivity contribution in [2.45, 2.75) is 97.8 Å². The van der Waals surface area contributed by atoms with E-state index in [-0.39, 0.29) is 29.5 Å². The highest BCUT2D eigenvalue weighted by Crippen LogP contribution is 2.39. The van der Waals surface area contributed by atoms with Crippen LogP contribution in [0, 0.1) is 5.92 Å². The molecule has 0 spiro atoms. The summed E-state index contributed by atoms with van der Waals surface area (Å²) in [4.78, 5) is 0. The molecule has 1 saturated heterocycles. The fourth-order valence-electron chi connectivity index (χ4n) is 2.08. The van der Waals surface area contributed by atoms with E-state index in [1.54, 1.807) is 0 Å². The molecule has 0 saturated carbocycles. The lowest BCUT2D eigenvalue weighted by Gasteiger charge is -2.39. The summed E-state index contributed by atoms with van der Waals surface area (Å²) in [7, 11) is -2.10. The molecule has 5 heteroatoms. The average molecular weight is 340 g/mol. The monoisotopic (exact) mass is 340 g/mol. The zero-order valence-electron chi connectivity index (χ0n) is 17.1. The van der Waals surface area contributed by atoms with Gasteiger partial charge in [-0.05, 0) is 51.7 Å². The first kappa shape index (κ1) is 20.9. The topological polar surface area (TPSA) is 27.7 Å². The van der Waals surface area contributed by atoms with Gasteiger partial charge in [0, 0.05) is 0 Å². The Morgan fingerprint density at radius 2 is 1.43 bits per heavy atom. The van der Waals surface area contributed by atoms with Gasteiger partial charge >= 0.3 is 7.12 Å². The zero-order chi connectivity index (χ0) is 18.3. The Labute approximate surface area is 145 Å². The number of hydrogen-bond donors (Lipinski definition) is 0. The van der Waals surface area contributed by atoms with Gasteiger partial charge in [-0.2, -0.15) is 0 Å². The minimum absolute atomic E-state index is 0.0925. The van der Waals surface area contributed by atoms with E-state index in [4.69, 9.17) is 13.7 Å². The van der Waals surface area contributed by atoms with Crippen molar-refractivity contribution >= 4 is 15.4 Å². The van der Waals surface area contributed by atoms with E-state index in [0.29, 0.717) is 5.92 Å². The summed E-state index contributed by atoms with van der Waals surface area (Å²) < 4.78 is 18.6. The number of rotatable bonds is 5. The van der Waals surface area contributed by atoms with Gasteiger partial charge in [0.05, 0.1) is 17.3 Å². The normalized spacial score (nSPS) is 23.0. The fourth-order valence-corrected chi connectivity index (χ4v) is 3.47. The maximum atomic E-state index is 6.57. The summed E-state index contributed by atoms with van der Waals surface area (Å²) in [5, 5.41) is 0.207. The van der Waals surface area contributed by atoms with Crippen molar-refractivity contribution in [2.75, 3.05) is 0 Å². The van der Waals surface area contributed by atoms with E-state index in [0.717, 1.165) is 0 Å². The average Bonchev–Trinajstić information content (AvgIpc) is 2.51. The van der Waals surface area contributed by atoms with Gasteiger partial charge in [0.2, 0.25) is 0 Å². The van der Waals surface area contributed by atoms with Crippen LogP contribution >= 0.6 is 0 Å². The highest BCUT2D eigenvalue weighted by Gasteiger charge is 2.50. The predicted molar refractivity (Wildman–Crippen MR) is 102 cm³/mol. The molecule has 0 aromatic heterocycles. The smallest absolute Gasteiger partial charge is 0.410 e. The first-order valence-corrected chi connectivity index (χ1v) is 11.7. The molecular formula is C18H37BO3Si. The Hall–Kier alpha value is -0.0982. The highest BCUT2D eigenvalue weighted by atomic mass is 28.4. The van der Waals surface area contributed by atoms with Crippen LogP contribution in [0.3, 0.4) is 0 Å². The van der Waals surface area contributed by atoms with Gasteiger partial charge in [-0.15, -0.1) is 0 Å². The summed E-state index contributed by atoms with van der Waals surface area (Å²) in [6.07, 6.45) is 2.22. The predicted octanol–water partition coefficient (Wildman–Crippen LogP) is 5.22. The van der Waals surface area contributed by atoms with Crippen molar-refractivity contribution in [3.63, 3.8) is 0 Å². The van der Waals surface area contributed by atoms with Crippen molar-refractivity contribution in [1.29, 1.82) is 0 Å². The summed E-state index contributed by atoms with van der Waals surface area (Å²) in [5.41, 5.74) is -0.592. The lowest BCUT2D eigenvalue weighted by Crippen LogP contribution is -2.44. The molecular weight excluding hydrogens is 303 g/mol. The summed E-state index contributed by atoms with van der Waals surface area (Å²) in [6.45, 7) is 24.1. The van der Waals surface area contributed by atoms with Gasteiger partial charge in [-0.1, -0.05) is 46.7 Å². The third-order valence-electron chi connectivity index (χ3n) is 5.62. The molecule has 23 heavy (non-hydrogen) atoms. The molecule has 1 unspecified atom stereocenters. The number of hydrogen-bond acceptors (Lipinski definition) is 3. The molecule has 0 bridgehead atoms. The SMILES string of the molecule is CC(C)C(/C=C\B1OC(C)(C)C(C)(C)O1)O[Si](C)(C)C(C)(C)C. The Morgan fingerprint density at radius 1 is 1.00 bits per heavy atom. The van der Waals surface area contributed by atoms with Crippen molar-refractivity contribution in [3.8, 4) is 0 Å². The van der Waals surface area contributed by atoms with Crippen LogP contribution in [-0.4, -0.2) is 32.7 Å². The van der Waals surface area contributed by atoms with Gasteiger partial charge < -0.3 is 13.7 Å². The molecule has 1 heterocycles. The fraction of sp³-hybridized carbons (Fsp3) is 0.889. The zero-order valence-corrected chi connectivity index (χ0v) is 18.1. The standard InChI is InChI=1S/C18H37BO3Si/c1-14(2)15(20-23(10,11)16(3,4)5)12-13-19-21-17(6,7)18(8,9)22-19/h12-15H,1-11H3/b13-12-. The van der Waals surface area contributed by atoms with Crippen LogP contribution in [-0.2, 0) is 13.7 Å². The molecule has 0 radical (unpaired) electrons. The second kappa shape index (κ2) is 6.66. The minimum atomic E-state index is -1.80. The lowest BCUT2D eigenvalue weighted by molar-refractivity contribution is 0.00578. The Kier molecular flexibility index (Phi) is 6.07. The molecule has 0 N–H and O–H groups in total. The summed E-state index contributed by atoms with van der Waals surface area (Å²) in [5.74, 6) is 2.44. The van der Waals surface area contributed by atoms with Gasteiger partial charge in [0.25, 0.3) is 0 Å². The van der Waals surface area contributed by atoms with E-state index in [1.165, 1.54) is 0 Å². The van der Waals surface area contributed by atoms with Crippen molar-refractivity contribution < 1.29 is 13.7 Å². The van der Waals surface area contributed by atoms with E-state index >= 15 is 0 Å². The van der Waals surface area contributed by atoms with Crippen molar-refractivity contribution in [3.05, 3.63) is 12.1 Å². The molecule has 134 valence electrons. The third kappa shape index (κ3) is 4.94. The molecule has 3 nitrogen and oxygen atoms in total. The molecule has 1 aliphatic heterocycles. The van der Waals surface area contributed by atoms with E-state index < -0.39 is 8.32 Å². The maximum absolute atomic E-state index is 6.57. The highest BCUT2D eigenvalue weighted by molar-refractivity contribution is 6.74. The van der Waals surface area contributed by atoms with E-state index in [9.17, 15) is 0 Å². The lowest BCUT2D eigenvalue weighted by atomic mass is 9.88. The maximum Gasteiger partial charge on any atom is 0.486 e. The van der Waals surface area contributed by atoms with Gasteiger partial charge in [0.15, 0.2) is 8.32 Å². The molecule has 0 aliphatic carbocycles. The van der Waals surface area contributed by atoms with Gasteiger partial charge in [0.1, 0.15) is 0 Å². The van der Waals surface area contributed by atoms with Crippen LogP contribution < -0.4 is 0 Å². The molecule has 0 aromatic carbocycles. The summed E-state index contributed by atoms with van der Waals surface area (Å²) >= 11 is 0. The molecule has 1 atom stereocenters. The Balaban J connectivity index is 2.83. The van der Waals surface area contributed by atoms with Crippen molar-refractivity contribution in [2.24, 2.45) is 5.92 Å². The first-order valence-electron chi connectivity index (χ1n) is 8.81. The van der Waals surface area contributed by atoms with E-state index in [1.807, 2.05) is 5.98 Å².